The van der Waals surface area contributed by atoms with Crippen LogP contribution in [0.5, 0.6) is 0 Å². The standard InChI is InChI=1S/C17H15ClN4O/c1-10-9-17(2,14-16-20-6-8-22(16)7-5-19-14)15(23)11-3-4-12(18)21-13(10)11/h3-8,10H,9H2,1-2H3. The van der Waals surface area contributed by atoms with Gasteiger partial charge in [0.2, 0.25) is 0 Å². The molecule has 2 atom stereocenters. The van der Waals surface area contributed by atoms with Crippen LogP contribution >= 0.6 is 11.6 Å². The van der Waals surface area contributed by atoms with Gasteiger partial charge >= 0.3 is 0 Å². The van der Waals surface area contributed by atoms with Crippen molar-refractivity contribution in [3.05, 3.63) is 59.0 Å². The van der Waals surface area contributed by atoms with Gasteiger partial charge in [0.15, 0.2) is 11.4 Å². The minimum atomic E-state index is -0.726. The number of ketones is 1. The number of pyridine rings is 1. The largest absolute Gasteiger partial charge is 0.304 e. The zero-order valence-electron chi connectivity index (χ0n) is 12.8. The van der Waals surface area contributed by atoms with Crippen LogP contribution in [0.4, 0.5) is 0 Å². The Labute approximate surface area is 138 Å². The van der Waals surface area contributed by atoms with Crippen LogP contribution in [0.1, 0.15) is 47.9 Å². The van der Waals surface area contributed by atoms with Crippen molar-refractivity contribution in [3.8, 4) is 0 Å². The Morgan fingerprint density at radius 3 is 2.78 bits per heavy atom. The van der Waals surface area contributed by atoms with E-state index in [0.717, 1.165) is 11.3 Å². The molecule has 3 aromatic rings. The molecule has 1 aliphatic carbocycles. The number of halogens is 1. The number of carbonyl (C=O) groups excluding carboxylic acids is 1. The van der Waals surface area contributed by atoms with Gasteiger partial charge in [-0.25, -0.2) is 9.97 Å². The number of nitrogens with zero attached hydrogens (tertiary/aromatic N) is 4. The zero-order chi connectivity index (χ0) is 16.2. The molecule has 2 unspecified atom stereocenters. The van der Waals surface area contributed by atoms with E-state index in [4.69, 9.17) is 11.6 Å². The molecule has 0 N–H and O–H groups in total. The molecule has 0 bridgehead atoms. The molecule has 116 valence electrons. The Balaban J connectivity index is 1.94. The van der Waals surface area contributed by atoms with Gasteiger partial charge in [-0.05, 0) is 25.5 Å². The summed E-state index contributed by atoms with van der Waals surface area (Å²) in [7, 11) is 0. The van der Waals surface area contributed by atoms with Gasteiger partial charge in [-0.3, -0.25) is 9.78 Å². The normalized spacial score (nSPS) is 24.0. The fourth-order valence-electron chi connectivity index (χ4n) is 3.56. The van der Waals surface area contributed by atoms with Gasteiger partial charge in [-0.2, -0.15) is 0 Å². The lowest BCUT2D eigenvalue weighted by Crippen LogP contribution is -2.40. The second-order valence-corrected chi connectivity index (χ2v) is 6.65. The second-order valence-electron chi connectivity index (χ2n) is 6.27. The number of imidazole rings is 1. The Kier molecular flexibility index (Phi) is 3.03. The van der Waals surface area contributed by atoms with Crippen molar-refractivity contribution < 1.29 is 4.79 Å². The number of rotatable bonds is 1. The van der Waals surface area contributed by atoms with Crippen molar-refractivity contribution in [1.29, 1.82) is 0 Å². The molecule has 0 spiro atoms. The summed E-state index contributed by atoms with van der Waals surface area (Å²) in [6.07, 6.45) is 7.75. The van der Waals surface area contributed by atoms with E-state index >= 15 is 0 Å². The maximum atomic E-state index is 13.2. The number of hydrogen-bond acceptors (Lipinski definition) is 4. The molecule has 6 heteroatoms. The van der Waals surface area contributed by atoms with Crippen LogP contribution in [-0.2, 0) is 5.41 Å². The molecule has 0 saturated heterocycles. The SMILES string of the molecule is CC1CC(C)(c2nccn3ccnc23)C(=O)c2ccc(Cl)nc21. The molecule has 5 nitrogen and oxygen atoms in total. The van der Waals surface area contributed by atoms with E-state index in [0.29, 0.717) is 22.8 Å². The molecule has 23 heavy (non-hydrogen) atoms. The van der Waals surface area contributed by atoms with Crippen molar-refractivity contribution in [2.24, 2.45) is 0 Å². The predicted molar refractivity (Wildman–Crippen MR) is 86.9 cm³/mol. The fourth-order valence-corrected chi connectivity index (χ4v) is 3.72. The van der Waals surface area contributed by atoms with E-state index in [2.05, 4.69) is 21.9 Å². The predicted octanol–water partition coefficient (Wildman–Crippen LogP) is 3.43. The molecule has 0 aliphatic heterocycles. The van der Waals surface area contributed by atoms with Crippen molar-refractivity contribution in [2.45, 2.75) is 31.6 Å². The first-order valence-corrected chi connectivity index (χ1v) is 7.88. The van der Waals surface area contributed by atoms with E-state index in [1.165, 1.54) is 0 Å². The van der Waals surface area contributed by atoms with Gasteiger partial charge < -0.3 is 4.40 Å². The van der Waals surface area contributed by atoms with Gasteiger partial charge in [0.25, 0.3) is 0 Å². The average molecular weight is 327 g/mol. The number of carbonyl (C=O) groups is 1. The molecule has 1 aliphatic rings. The Hall–Kier alpha value is -2.27. The van der Waals surface area contributed by atoms with Gasteiger partial charge in [-0.1, -0.05) is 18.5 Å². The first-order chi connectivity index (χ1) is 11.0. The summed E-state index contributed by atoms with van der Waals surface area (Å²) >= 11 is 5.99. The van der Waals surface area contributed by atoms with Gasteiger partial charge in [0.1, 0.15) is 5.15 Å². The highest BCUT2D eigenvalue weighted by molar-refractivity contribution is 6.29. The van der Waals surface area contributed by atoms with Crippen LogP contribution in [-0.4, -0.2) is 25.1 Å². The van der Waals surface area contributed by atoms with E-state index in [9.17, 15) is 4.79 Å². The van der Waals surface area contributed by atoms with E-state index < -0.39 is 5.41 Å². The van der Waals surface area contributed by atoms with Crippen molar-refractivity contribution in [3.63, 3.8) is 0 Å². The van der Waals surface area contributed by atoms with Gasteiger partial charge in [0.05, 0.1) is 16.8 Å². The molecular weight excluding hydrogens is 312 g/mol. The summed E-state index contributed by atoms with van der Waals surface area (Å²) in [5.41, 5.74) is 2.11. The molecule has 3 heterocycles. The smallest absolute Gasteiger partial charge is 0.176 e. The van der Waals surface area contributed by atoms with Gasteiger partial charge in [0, 0.05) is 36.3 Å². The maximum absolute atomic E-state index is 13.2. The number of Topliss-reactive ketones (excluding diaryl/α,β-unsaturated/α-hetero) is 1. The third kappa shape index (κ3) is 2.00. The summed E-state index contributed by atoms with van der Waals surface area (Å²) in [5, 5.41) is 0.417. The van der Waals surface area contributed by atoms with Crippen LogP contribution in [0.25, 0.3) is 5.65 Å². The zero-order valence-corrected chi connectivity index (χ0v) is 13.6. The molecular formula is C17H15ClN4O. The van der Waals surface area contributed by atoms with Crippen molar-refractivity contribution in [1.82, 2.24) is 19.4 Å². The highest BCUT2D eigenvalue weighted by Gasteiger charge is 2.45. The average Bonchev–Trinajstić information content (AvgIpc) is 3.01. The van der Waals surface area contributed by atoms with E-state index in [-0.39, 0.29) is 11.7 Å². The molecule has 3 aromatic heterocycles. The van der Waals surface area contributed by atoms with Crippen LogP contribution in [0, 0.1) is 0 Å². The lowest BCUT2D eigenvalue weighted by molar-refractivity contribution is 0.0861. The first-order valence-electron chi connectivity index (χ1n) is 7.50. The van der Waals surface area contributed by atoms with E-state index in [1.54, 1.807) is 24.5 Å². The molecule has 0 aromatic carbocycles. The second kappa shape index (κ2) is 4.86. The Bertz CT molecular complexity index is 935. The molecule has 0 amide bonds. The first kappa shape index (κ1) is 14.3. The number of fused-ring (bicyclic) bond motifs is 2. The minimum absolute atomic E-state index is 0.0263. The number of aromatic nitrogens is 4. The third-order valence-electron chi connectivity index (χ3n) is 4.65. The maximum Gasteiger partial charge on any atom is 0.176 e. The van der Waals surface area contributed by atoms with Crippen LogP contribution in [0.2, 0.25) is 5.15 Å². The quantitative estimate of drug-likeness (QED) is 0.643. The van der Waals surface area contributed by atoms with Crippen molar-refractivity contribution in [2.75, 3.05) is 0 Å². The van der Waals surface area contributed by atoms with E-state index in [1.807, 2.05) is 23.7 Å². The van der Waals surface area contributed by atoms with Crippen LogP contribution in [0.15, 0.2) is 36.9 Å². The lowest BCUT2D eigenvalue weighted by Gasteiger charge is -2.35. The third-order valence-corrected chi connectivity index (χ3v) is 4.86. The number of hydrogen-bond donors (Lipinski definition) is 0. The lowest BCUT2D eigenvalue weighted by atomic mass is 9.67. The highest BCUT2D eigenvalue weighted by atomic mass is 35.5. The summed E-state index contributed by atoms with van der Waals surface area (Å²) in [6.45, 7) is 4.01. The fraction of sp³-hybridized carbons (Fsp3) is 0.294. The summed E-state index contributed by atoms with van der Waals surface area (Å²) < 4.78 is 1.89. The monoisotopic (exact) mass is 326 g/mol. The summed E-state index contributed by atoms with van der Waals surface area (Å²) in [5.74, 6) is 0.141. The summed E-state index contributed by atoms with van der Waals surface area (Å²) in [6, 6.07) is 3.44. The Morgan fingerprint density at radius 1 is 1.26 bits per heavy atom. The molecule has 0 radical (unpaired) electrons. The van der Waals surface area contributed by atoms with Crippen molar-refractivity contribution >= 4 is 23.0 Å². The summed E-state index contributed by atoms with van der Waals surface area (Å²) in [4.78, 5) is 26.4. The Morgan fingerprint density at radius 2 is 2.00 bits per heavy atom. The van der Waals surface area contributed by atoms with Crippen LogP contribution in [0.3, 0.4) is 0 Å². The highest BCUT2D eigenvalue weighted by Crippen LogP contribution is 2.43. The van der Waals surface area contributed by atoms with Crippen LogP contribution < -0.4 is 0 Å². The minimum Gasteiger partial charge on any atom is -0.304 e. The topological polar surface area (TPSA) is 60.2 Å². The molecule has 0 saturated carbocycles. The van der Waals surface area contributed by atoms with Gasteiger partial charge in [-0.15, -0.1) is 0 Å². The molecule has 0 fully saturated rings. The molecule has 4 rings (SSSR count).